The van der Waals surface area contributed by atoms with E-state index in [1.807, 2.05) is 32.9 Å². The summed E-state index contributed by atoms with van der Waals surface area (Å²) in [6, 6.07) is 3.68. The van der Waals surface area contributed by atoms with E-state index >= 15 is 0 Å². The minimum Gasteiger partial charge on any atom is -0.292 e. The molecule has 0 amide bonds. The number of hydrogen-bond acceptors (Lipinski definition) is 4. The van der Waals surface area contributed by atoms with Crippen LogP contribution in [-0.2, 0) is 4.79 Å². The monoisotopic (exact) mass is 256 g/mol. The van der Waals surface area contributed by atoms with Gasteiger partial charge in [-0.3, -0.25) is 9.78 Å². The lowest BCUT2D eigenvalue weighted by Crippen LogP contribution is -2.24. The molecule has 2 aromatic heterocycles. The van der Waals surface area contributed by atoms with E-state index in [4.69, 9.17) is 0 Å². The first-order valence-electron chi connectivity index (χ1n) is 6.00. The van der Waals surface area contributed by atoms with E-state index in [-0.39, 0.29) is 5.78 Å². The third kappa shape index (κ3) is 3.13. The van der Waals surface area contributed by atoms with Crippen molar-refractivity contribution in [3.8, 4) is 0 Å². The van der Waals surface area contributed by atoms with Gasteiger partial charge in [0.15, 0.2) is 5.78 Å². The van der Waals surface area contributed by atoms with Crippen LogP contribution in [0.2, 0.25) is 0 Å². The number of pyridine rings is 1. The number of rotatable bonds is 3. The second kappa shape index (κ2) is 5.14. The van der Waals surface area contributed by atoms with Gasteiger partial charge >= 0.3 is 0 Å². The van der Waals surface area contributed by atoms with E-state index < -0.39 is 5.41 Å². The molecule has 0 bridgehead atoms. The standard InChI is InChI=1S/C14H16N4O/c1-14(2,3)13(19)12(18-10-16-9-17-18)8-11-4-6-15-7-5-11/h4-10H,1-3H3. The fourth-order valence-corrected chi connectivity index (χ4v) is 1.57. The first kappa shape index (κ1) is 13.1. The van der Waals surface area contributed by atoms with Gasteiger partial charge in [0.05, 0.1) is 0 Å². The van der Waals surface area contributed by atoms with E-state index in [1.165, 1.54) is 17.3 Å². The van der Waals surface area contributed by atoms with Crippen molar-refractivity contribution in [1.82, 2.24) is 19.7 Å². The summed E-state index contributed by atoms with van der Waals surface area (Å²) in [5.74, 6) is 0.00909. The zero-order chi connectivity index (χ0) is 13.9. The molecule has 19 heavy (non-hydrogen) atoms. The highest BCUT2D eigenvalue weighted by Crippen LogP contribution is 2.23. The molecule has 98 valence electrons. The number of ketones is 1. The summed E-state index contributed by atoms with van der Waals surface area (Å²) in [7, 11) is 0. The molecule has 0 saturated carbocycles. The van der Waals surface area contributed by atoms with Gasteiger partial charge in [-0.2, -0.15) is 5.10 Å². The van der Waals surface area contributed by atoms with Gasteiger partial charge in [-0.25, -0.2) is 9.67 Å². The Morgan fingerprint density at radius 3 is 2.42 bits per heavy atom. The van der Waals surface area contributed by atoms with Crippen molar-refractivity contribution >= 4 is 17.6 Å². The lowest BCUT2D eigenvalue weighted by atomic mass is 9.88. The molecule has 2 rings (SSSR count). The molecule has 5 heteroatoms. The van der Waals surface area contributed by atoms with Crippen LogP contribution in [0.4, 0.5) is 0 Å². The summed E-state index contributed by atoms with van der Waals surface area (Å²) >= 11 is 0. The molecule has 2 heterocycles. The van der Waals surface area contributed by atoms with Crippen LogP contribution in [0, 0.1) is 5.41 Å². The molecule has 0 radical (unpaired) electrons. The lowest BCUT2D eigenvalue weighted by Gasteiger charge is -2.18. The van der Waals surface area contributed by atoms with Gasteiger partial charge in [0.1, 0.15) is 18.4 Å². The minimum atomic E-state index is -0.481. The summed E-state index contributed by atoms with van der Waals surface area (Å²) in [5, 5.41) is 4.05. The quantitative estimate of drug-likeness (QED) is 0.790. The maximum atomic E-state index is 12.5. The third-order valence-corrected chi connectivity index (χ3v) is 2.59. The van der Waals surface area contributed by atoms with Crippen LogP contribution in [0.3, 0.4) is 0 Å². The maximum absolute atomic E-state index is 12.5. The van der Waals surface area contributed by atoms with Crippen molar-refractivity contribution in [2.75, 3.05) is 0 Å². The Balaban J connectivity index is 2.47. The minimum absolute atomic E-state index is 0.00909. The van der Waals surface area contributed by atoms with Crippen LogP contribution in [0.15, 0.2) is 37.2 Å². The van der Waals surface area contributed by atoms with Crippen molar-refractivity contribution in [1.29, 1.82) is 0 Å². The zero-order valence-corrected chi connectivity index (χ0v) is 11.2. The van der Waals surface area contributed by atoms with E-state index in [0.717, 1.165) is 5.56 Å². The Bertz CT molecular complexity index is 580. The van der Waals surface area contributed by atoms with Gasteiger partial charge in [-0.15, -0.1) is 0 Å². The maximum Gasteiger partial charge on any atom is 0.186 e. The number of carbonyl (C=O) groups is 1. The topological polar surface area (TPSA) is 60.7 Å². The van der Waals surface area contributed by atoms with Crippen LogP contribution >= 0.6 is 0 Å². The van der Waals surface area contributed by atoms with Crippen LogP contribution < -0.4 is 0 Å². The fraction of sp³-hybridized carbons (Fsp3) is 0.286. The van der Waals surface area contributed by atoms with E-state index in [0.29, 0.717) is 5.70 Å². The van der Waals surface area contributed by atoms with Gasteiger partial charge in [0.25, 0.3) is 0 Å². The van der Waals surface area contributed by atoms with Crippen LogP contribution in [0.5, 0.6) is 0 Å². The van der Waals surface area contributed by atoms with Crippen LogP contribution in [0.1, 0.15) is 26.3 Å². The van der Waals surface area contributed by atoms with Crippen LogP contribution in [-0.4, -0.2) is 25.5 Å². The number of nitrogens with zero attached hydrogens (tertiary/aromatic N) is 4. The average Bonchev–Trinajstić information content (AvgIpc) is 2.89. The Morgan fingerprint density at radius 2 is 1.89 bits per heavy atom. The summed E-state index contributed by atoms with van der Waals surface area (Å²) in [5.41, 5.74) is 0.916. The lowest BCUT2D eigenvalue weighted by molar-refractivity contribution is -0.120. The molecule has 0 aliphatic rings. The van der Waals surface area contributed by atoms with E-state index in [2.05, 4.69) is 15.1 Å². The number of carbonyl (C=O) groups excluding carboxylic acids is 1. The van der Waals surface area contributed by atoms with Gasteiger partial charge in [0.2, 0.25) is 0 Å². The van der Waals surface area contributed by atoms with Gasteiger partial charge in [-0.1, -0.05) is 20.8 Å². The number of allylic oxidation sites excluding steroid dienone is 1. The molecular weight excluding hydrogens is 240 g/mol. The predicted octanol–water partition coefficient (Wildman–Crippen LogP) is 2.29. The highest BCUT2D eigenvalue weighted by atomic mass is 16.1. The van der Waals surface area contributed by atoms with Gasteiger partial charge in [0, 0.05) is 17.8 Å². The highest BCUT2D eigenvalue weighted by Gasteiger charge is 2.26. The number of aromatic nitrogens is 4. The van der Waals surface area contributed by atoms with Gasteiger partial charge in [-0.05, 0) is 23.8 Å². The van der Waals surface area contributed by atoms with Gasteiger partial charge < -0.3 is 0 Å². The molecule has 0 fully saturated rings. The molecule has 0 aromatic carbocycles. The summed E-state index contributed by atoms with van der Waals surface area (Å²) in [6.45, 7) is 5.64. The Hall–Kier alpha value is -2.30. The van der Waals surface area contributed by atoms with Crippen molar-refractivity contribution in [3.05, 3.63) is 42.7 Å². The second-order valence-electron chi connectivity index (χ2n) is 5.23. The predicted molar refractivity (Wildman–Crippen MR) is 72.9 cm³/mol. The molecule has 0 unspecified atom stereocenters. The summed E-state index contributed by atoms with van der Waals surface area (Å²) in [6.07, 6.45) is 8.11. The first-order chi connectivity index (χ1) is 8.98. The van der Waals surface area contributed by atoms with Crippen molar-refractivity contribution in [2.24, 2.45) is 5.41 Å². The Kier molecular flexibility index (Phi) is 3.55. The molecule has 5 nitrogen and oxygen atoms in total. The molecule has 2 aromatic rings. The summed E-state index contributed by atoms with van der Waals surface area (Å²) < 4.78 is 1.49. The third-order valence-electron chi connectivity index (χ3n) is 2.59. The number of Topliss-reactive ketones (excluding diaryl/α,β-unsaturated/α-hetero) is 1. The largest absolute Gasteiger partial charge is 0.292 e. The van der Waals surface area contributed by atoms with Crippen molar-refractivity contribution < 1.29 is 4.79 Å². The second-order valence-corrected chi connectivity index (χ2v) is 5.23. The normalized spacial score (nSPS) is 12.5. The van der Waals surface area contributed by atoms with E-state index in [1.54, 1.807) is 18.5 Å². The smallest absolute Gasteiger partial charge is 0.186 e. The molecule has 0 saturated heterocycles. The van der Waals surface area contributed by atoms with Crippen LogP contribution in [0.25, 0.3) is 11.8 Å². The Labute approximate surface area is 112 Å². The molecule has 0 atom stereocenters. The Morgan fingerprint density at radius 1 is 1.21 bits per heavy atom. The van der Waals surface area contributed by atoms with E-state index in [9.17, 15) is 4.79 Å². The molecule has 0 N–H and O–H groups in total. The first-order valence-corrected chi connectivity index (χ1v) is 6.00. The van der Waals surface area contributed by atoms with Crippen molar-refractivity contribution in [3.63, 3.8) is 0 Å². The molecule has 0 spiro atoms. The number of hydrogen-bond donors (Lipinski definition) is 0. The SMILES string of the molecule is CC(C)(C)C(=O)C(=Cc1ccncc1)n1cncn1. The molecule has 0 aliphatic heterocycles. The summed E-state index contributed by atoms with van der Waals surface area (Å²) in [4.78, 5) is 20.4. The van der Waals surface area contributed by atoms with Crippen molar-refractivity contribution in [2.45, 2.75) is 20.8 Å². The molecular formula is C14H16N4O. The average molecular weight is 256 g/mol. The zero-order valence-electron chi connectivity index (χ0n) is 11.2. The highest BCUT2D eigenvalue weighted by molar-refractivity contribution is 6.21. The molecule has 0 aliphatic carbocycles. The fourth-order valence-electron chi connectivity index (χ4n) is 1.57.